The maximum Gasteiger partial charge on any atom is 0.307 e. The molecule has 90 valence electrons. The second-order valence-electron chi connectivity index (χ2n) is 3.11. The molecule has 17 heavy (non-hydrogen) atoms. The van der Waals surface area contributed by atoms with Crippen LogP contribution in [-0.2, 0) is 15.5 Å². The molecule has 0 heterocycles. The van der Waals surface area contributed by atoms with Crippen molar-refractivity contribution in [1.29, 1.82) is 5.26 Å². The van der Waals surface area contributed by atoms with Gasteiger partial charge in [0.1, 0.15) is 11.6 Å². The minimum Gasteiger partial charge on any atom is -0.258 e. The molecule has 6 nitrogen and oxygen atoms in total. The zero-order chi connectivity index (χ0) is 13.2. The van der Waals surface area contributed by atoms with Crippen molar-refractivity contribution in [1.82, 2.24) is 0 Å². The Hall–Kier alpha value is -1.65. The van der Waals surface area contributed by atoms with Crippen LogP contribution in [0.5, 0.6) is 0 Å². The third-order valence-corrected chi connectivity index (χ3v) is 3.52. The largest absolute Gasteiger partial charge is 0.307 e. The fourth-order valence-electron chi connectivity index (χ4n) is 1.41. The lowest BCUT2D eigenvalue weighted by molar-refractivity contribution is -0.388. The van der Waals surface area contributed by atoms with E-state index in [1.807, 2.05) is 0 Å². The third kappa shape index (κ3) is 2.54. The van der Waals surface area contributed by atoms with E-state index in [1.165, 1.54) is 6.07 Å². The number of halogens is 1. The number of benzene rings is 1. The van der Waals surface area contributed by atoms with Crippen LogP contribution in [-0.4, -0.2) is 13.3 Å². The number of rotatable bonds is 3. The minimum atomic E-state index is -4.26. The first kappa shape index (κ1) is 13.4. The number of nitriles is 1. The van der Waals surface area contributed by atoms with Gasteiger partial charge in [-0.15, -0.1) is 0 Å². The van der Waals surface area contributed by atoms with Gasteiger partial charge in [0.2, 0.25) is 0 Å². The summed E-state index contributed by atoms with van der Waals surface area (Å²) < 4.78 is 22.4. The molecule has 0 saturated heterocycles. The predicted molar refractivity (Wildman–Crippen MR) is 60.2 cm³/mol. The summed E-state index contributed by atoms with van der Waals surface area (Å²) in [6.07, 6.45) is 0.381. The van der Waals surface area contributed by atoms with Gasteiger partial charge in [-0.3, -0.25) is 10.1 Å². The molecule has 0 bridgehead atoms. The van der Waals surface area contributed by atoms with Crippen molar-refractivity contribution in [3.05, 3.63) is 33.4 Å². The second kappa shape index (κ2) is 4.69. The van der Waals surface area contributed by atoms with Crippen LogP contribution in [0.25, 0.3) is 0 Å². The highest BCUT2D eigenvalue weighted by Crippen LogP contribution is 2.32. The molecule has 0 aromatic heterocycles. The zero-order valence-corrected chi connectivity index (χ0v) is 10.2. The highest BCUT2D eigenvalue weighted by atomic mass is 35.7. The van der Waals surface area contributed by atoms with E-state index < -0.39 is 24.6 Å². The Morgan fingerprint density at radius 2 is 2.12 bits per heavy atom. The Balaban J connectivity index is 3.80. The lowest BCUT2D eigenvalue weighted by Crippen LogP contribution is -2.04. The fraction of sp³-hybridized carbons (Fsp3) is 0.222. The maximum atomic E-state index is 11.2. The molecule has 8 heteroatoms. The van der Waals surface area contributed by atoms with Crippen LogP contribution >= 0.6 is 10.7 Å². The molecule has 1 aromatic carbocycles. The van der Waals surface area contributed by atoms with Crippen LogP contribution in [0, 0.1) is 21.4 Å². The summed E-state index contributed by atoms with van der Waals surface area (Å²) in [7, 11) is 0.834. The van der Waals surface area contributed by atoms with E-state index in [2.05, 4.69) is 0 Å². The van der Waals surface area contributed by atoms with Crippen molar-refractivity contribution in [2.75, 3.05) is 0 Å². The summed E-state index contributed by atoms with van der Waals surface area (Å²) in [5.41, 5.74) is -0.621. The number of nitro groups is 1. The monoisotopic (exact) mass is 274 g/mol. The number of nitrogens with zero attached hydrogens (tertiary/aromatic N) is 2. The molecule has 0 aliphatic heterocycles. The first-order valence-electron chi connectivity index (χ1n) is 4.48. The molecule has 0 N–H and O–H groups in total. The topological polar surface area (TPSA) is 101 Å². The van der Waals surface area contributed by atoms with Crippen LogP contribution in [0.1, 0.15) is 18.1 Å². The molecule has 0 aliphatic rings. The van der Waals surface area contributed by atoms with Crippen LogP contribution in [0.3, 0.4) is 0 Å². The zero-order valence-electron chi connectivity index (χ0n) is 8.68. The van der Waals surface area contributed by atoms with Gasteiger partial charge < -0.3 is 0 Å². The Bertz CT molecular complexity index is 619. The SMILES string of the molecule is CCc1ccc(S(=O)(=O)Cl)c([N+](=O)[O-])c1C#N. The molecule has 0 fully saturated rings. The van der Waals surface area contributed by atoms with E-state index >= 15 is 0 Å². The highest BCUT2D eigenvalue weighted by molar-refractivity contribution is 8.13. The molecule has 0 atom stereocenters. The first-order chi connectivity index (χ1) is 7.82. The van der Waals surface area contributed by atoms with Crippen LogP contribution in [0.15, 0.2) is 17.0 Å². The molecule has 0 amide bonds. The van der Waals surface area contributed by atoms with Crippen molar-refractivity contribution in [3.63, 3.8) is 0 Å². The standard InChI is InChI=1S/C9H7ClN2O4S/c1-2-6-3-4-8(17(10,15)16)9(12(13)14)7(6)5-11/h3-4H,2H2,1H3. The minimum absolute atomic E-state index is 0.265. The van der Waals surface area contributed by atoms with Crippen LogP contribution in [0.4, 0.5) is 5.69 Å². The quantitative estimate of drug-likeness (QED) is 0.476. The van der Waals surface area contributed by atoms with Crippen molar-refractivity contribution in [2.24, 2.45) is 0 Å². The summed E-state index contributed by atoms with van der Waals surface area (Å²) in [5, 5.41) is 19.7. The summed E-state index contributed by atoms with van der Waals surface area (Å²) in [4.78, 5) is 9.28. The molecule has 0 radical (unpaired) electrons. The maximum absolute atomic E-state index is 11.2. The van der Waals surface area contributed by atoms with Gasteiger partial charge in [-0.1, -0.05) is 13.0 Å². The van der Waals surface area contributed by atoms with E-state index in [9.17, 15) is 18.5 Å². The second-order valence-corrected chi connectivity index (χ2v) is 5.64. The van der Waals surface area contributed by atoms with E-state index in [4.69, 9.17) is 15.9 Å². The Morgan fingerprint density at radius 1 is 1.53 bits per heavy atom. The Labute approximate surface area is 102 Å². The summed E-state index contributed by atoms with van der Waals surface area (Å²) in [6.45, 7) is 1.70. The van der Waals surface area contributed by atoms with E-state index in [0.29, 0.717) is 12.0 Å². The van der Waals surface area contributed by atoms with Gasteiger partial charge in [-0.25, -0.2) is 8.42 Å². The molecule has 0 spiro atoms. The lowest BCUT2D eigenvalue weighted by atomic mass is 10.0. The van der Waals surface area contributed by atoms with Crippen molar-refractivity contribution in [2.45, 2.75) is 18.2 Å². The average molecular weight is 275 g/mol. The molecular weight excluding hydrogens is 268 g/mol. The number of hydrogen-bond acceptors (Lipinski definition) is 5. The van der Waals surface area contributed by atoms with Gasteiger partial charge in [0.15, 0.2) is 4.90 Å². The summed E-state index contributed by atoms with van der Waals surface area (Å²) in [5.74, 6) is 0. The number of hydrogen-bond donors (Lipinski definition) is 0. The lowest BCUT2D eigenvalue weighted by Gasteiger charge is -2.04. The van der Waals surface area contributed by atoms with Crippen molar-refractivity contribution >= 4 is 25.4 Å². The molecule has 0 unspecified atom stereocenters. The molecule has 1 aromatic rings. The van der Waals surface area contributed by atoms with Gasteiger partial charge in [0.05, 0.1) is 4.92 Å². The van der Waals surface area contributed by atoms with Gasteiger partial charge in [-0.05, 0) is 18.1 Å². The number of nitro benzene ring substituents is 1. The van der Waals surface area contributed by atoms with Crippen molar-refractivity contribution < 1.29 is 13.3 Å². The van der Waals surface area contributed by atoms with Gasteiger partial charge in [-0.2, -0.15) is 5.26 Å². The Kier molecular flexibility index (Phi) is 3.70. The molecular formula is C9H7ClN2O4S. The first-order valence-corrected chi connectivity index (χ1v) is 6.78. The highest BCUT2D eigenvalue weighted by Gasteiger charge is 2.29. The van der Waals surface area contributed by atoms with E-state index in [-0.39, 0.29) is 5.56 Å². The van der Waals surface area contributed by atoms with Gasteiger partial charge >= 0.3 is 5.69 Å². The third-order valence-electron chi connectivity index (χ3n) is 2.17. The van der Waals surface area contributed by atoms with E-state index in [1.54, 1.807) is 13.0 Å². The smallest absolute Gasteiger partial charge is 0.258 e. The number of aryl methyl sites for hydroxylation is 1. The predicted octanol–water partition coefficient (Wildman–Crippen LogP) is 1.96. The fourth-order valence-corrected chi connectivity index (χ4v) is 2.42. The van der Waals surface area contributed by atoms with Gasteiger partial charge in [0, 0.05) is 10.7 Å². The molecule has 1 rings (SSSR count). The van der Waals surface area contributed by atoms with Crippen molar-refractivity contribution in [3.8, 4) is 6.07 Å². The van der Waals surface area contributed by atoms with Gasteiger partial charge in [0.25, 0.3) is 9.05 Å². The molecule has 0 aliphatic carbocycles. The Morgan fingerprint density at radius 3 is 2.47 bits per heavy atom. The van der Waals surface area contributed by atoms with Crippen LogP contribution < -0.4 is 0 Å². The van der Waals surface area contributed by atoms with E-state index in [0.717, 1.165) is 6.07 Å². The average Bonchev–Trinajstić information content (AvgIpc) is 2.25. The normalized spacial score (nSPS) is 10.9. The molecule has 0 saturated carbocycles. The summed E-state index contributed by atoms with van der Waals surface area (Å²) in [6, 6.07) is 4.03. The van der Waals surface area contributed by atoms with Crippen LogP contribution in [0.2, 0.25) is 0 Å². The summed E-state index contributed by atoms with van der Waals surface area (Å²) >= 11 is 0.